The van der Waals surface area contributed by atoms with Crippen LogP contribution in [-0.4, -0.2) is 41.6 Å². The van der Waals surface area contributed by atoms with Gasteiger partial charge in [0.25, 0.3) is 11.8 Å². The summed E-state index contributed by atoms with van der Waals surface area (Å²) >= 11 is 0. The van der Waals surface area contributed by atoms with E-state index < -0.39 is 29.9 Å². The van der Waals surface area contributed by atoms with Gasteiger partial charge in [0.2, 0.25) is 0 Å². The van der Waals surface area contributed by atoms with Crippen molar-refractivity contribution in [2.45, 2.75) is 6.04 Å². The Morgan fingerprint density at radius 2 is 1.80 bits per heavy atom. The molecule has 2 aliphatic rings. The molecule has 0 spiro atoms. The van der Waals surface area contributed by atoms with Crippen molar-refractivity contribution in [3.63, 3.8) is 0 Å². The first-order valence-corrected chi connectivity index (χ1v) is 5.71. The number of hydroxylamine groups is 2. The SMILES string of the molecule is O=C1NC(C(=O)ON2C(=O)c3ccccc3C2=O)CO1. The Morgan fingerprint density at radius 1 is 1.20 bits per heavy atom. The van der Waals surface area contributed by atoms with Gasteiger partial charge in [0.1, 0.15) is 6.61 Å². The van der Waals surface area contributed by atoms with E-state index in [1.165, 1.54) is 12.1 Å². The number of rotatable bonds is 2. The average molecular weight is 276 g/mol. The summed E-state index contributed by atoms with van der Waals surface area (Å²) in [5.74, 6) is -2.38. The van der Waals surface area contributed by atoms with E-state index in [4.69, 9.17) is 4.84 Å². The number of ether oxygens (including phenoxy) is 1. The zero-order valence-corrected chi connectivity index (χ0v) is 9.99. The predicted molar refractivity (Wildman–Crippen MR) is 61.3 cm³/mol. The van der Waals surface area contributed by atoms with Gasteiger partial charge in [-0.05, 0) is 12.1 Å². The molecule has 1 saturated heterocycles. The number of carbonyl (C=O) groups is 4. The van der Waals surface area contributed by atoms with Gasteiger partial charge in [-0.15, -0.1) is 0 Å². The number of alkyl carbamates (subject to hydrolysis) is 1. The van der Waals surface area contributed by atoms with Crippen LogP contribution in [0.2, 0.25) is 0 Å². The minimum Gasteiger partial charge on any atom is -0.447 e. The number of nitrogens with zero attached hydrogens (tertiary/aromatic N) is 1. The van der Waals surface area contributed by atoms with Crippen molar-refractivity contribution >= 4 is 23.9 Å². The van der Waals surface area contributed by atoms with Gasteiger partial charge in [0.05, 0.1) is 11.1 Å². The highest BCUT2D eigenvalue weighted by Gasteiger charge is 2.41. The molecule has 3 rings (SSSR count). The van der Waals surface area contributed by atoms with Crippen LogP contribution in [0.1, 0.15) is 20.7 Å². The third kappa shape index (κ3) is 1.78. The van der Waals surface area contributed by atoms with Crippen LogP contribution in [-0.2, 0) is 14.4 Å². The second-order valence-corrected chi connectivity index (χ2v) is 4.16. The smallest absolute Gasteiger partial charge is 0.408 e. The monoisotopic (exact) mass is 276 g/mol. The van der Waals surface area contributed by atoms with Gasteiger partial charge in [0, 0.05) is 0 Å². The topological polar surface area (TPSA) is 102 Å². The van der Waals surface area contributed by atoms with Crippen LogP contribution >= 0.6 is 0 Å². The summed E-state index contributed by atoms with van der Waals surface area (Å²) in [5.41, 5.74) is 0.328. The molecule has 3 amide bonds. The maximum Gasteiger partial charge on any atom is 0.408 e. The molecule has 102 valence electrons. The maximum atomic E-state index is 11.9. The number of carbonyl (C=O) groups excluding carboxylic acids is 4. The molecule has 0 bridgehead atoms. The molecule has 0 radical (unpaired) electrons. The van der Waals surface area contributed by atoms with Gasteiger partial charge >= 0.3 is 12.1 Å². The minimum absolute atomic E-state index is 0.164. The van der Waals surface area contributed by atoms with Crippen LogP contribution < -0.4 is 5.32 Å². The molecule has 1 atom stereocenters. The van der Waals surface area contributed by atoms with Crippen molar-refractivity contribution in [3.05, 3.63) is 35.4 Å². The molecule has 2 aliphatic heterocycles. The van der Waals surface area contributed by atoms with E-state index in [-0.39, 0.29) is 17.7 Å². The van der Waals surface area contributed by atoms with Gasteiger partial charge in [-0.2, -0.15) is 0 Å². The maximum absolute atomic E-state index is 11.9. The molecule has 1 fully saturated rings. The molecule has 0 saturated carbocycles. The van der Waals surface area contributed by atoms with Crippen LogP contribution in [0.4, 0.5) is 4.79 Å². The molecule has 1 aromatic rings. The predicted octanol–water partition coefficient (Wildman–Crippen LogP) is -0.151. The fourth-order valence-corrected chi connectivity index (χ4v) is 1.92. The molecular weight excluding hydrogens is 268 g/mol. The largest absolute Gasteiger partial charge is 0.447 e. The van der Waals surface area contributed by atoms with Crippen molar-refractivity contribution in [1.29, 1.82) is 0 Å². The zero-order chi connectivity index (χ0) is 14.3. The van der Waals surface area contributed by atoms with E-state index in [9.17, 15) is 19.2 Å². The highest BCUT2D eigenvalue weighted by Crippen LogP contribution is 2.22. The van der Waals surface area contributed by atoms with Crippen LogP contribution in [0, 0.1) is 0 Å². The van der Waals surface area contributed by atoms with Gasteiger partial charge < -0.3 is 14.9 Å². The molecule has 2 heterocycles. The van der Waals surface area contributed by atoms with Crippen molar-refractivity contribution in [1.82, 2.24) is 10.4 Å². The molecule has 1 aromatic carbocycles. The number of imide groups is 1. The number of benzene rings is 1. The van der Waals surface area contributed by atoms with Gasteiger partial charge in [-0.25, -0.2) is 9.59 Å². The van der Waals surface area contributed by atoms with Crippen molar-refractivity contribution in [2.24, 2.45) is 0 Å². The van der Waals surface area contributed by atoms with Gasteiger partial charge in [-0.3, -0.25) is 9.59 Å². The fraction of sp³-hybridized carbons (Fsp3) is 0.167. The van der Waals surface area contributed by atoms with Crippen LogP contribution in [0.3, 0.4) is 0 Å². The molecule has 20 heavy (non-hydrogen) atoms. The summed E-state index contributed by atoms with van der Waals surface area (Å²) in [6.07, 6.45) is -0.755. The highest BCUT2D eigenvalue weighted by molar-refractivity contribution is 6.20. The average Bonchev–Trinajstić information content (AvgIpc) is 2.98. The Labute approximate surface area is 112 Å². The summed E-state index contributed by atoms with van der Waals surface area (Å²) in [6, 6.07) is 5.08. The van der Waals surface area contributed by atoms with E-state index in [1.54, 1.807) is 12.1 Å². The lowest BCUT2D eigenvalue weighted by atomic mass is 10.1. The Morgan fingerprint density at radius 3 is 2.30 bits per heavy atom. The van der Waals surface area contributed by atoms with Crippen molar-refractivity contribution in [2.75, 3.05) is 6.61 Å². The third-order valence-corrected chi connectivity index (χ3v) is 2.90. The summed E-state index contributed by atoms with van der Waals surface area (Å²) in [5, 5.41) is 2.58. The lowest BCUT2D eigenvalue weighted by molar-refractivity contribution is -0.170. The first-order chi connectivity index (χ1) is 9.58. The Kier molecular flexibility index (Phi) is 2.63. The lowest BCUT2D eigenvalue weighted by Crippen LogP contribution is -2.42. The number of nitrogens with one attached hydrogen (secondary N) is 1. The number of cyclic esters (lactones) is 1. The summed E-state index contributed by atoms with van der Waals surface area (Å²) < 4.78 is 4.53. The van der Waals surface area contributed by atoms with Crippen LogP contribution in [0.15, 0.2) is 24.3 Å². The minimum atomic E-state index is -1.04. The first-order valence-electron chi connectivity index (χ1n) is 5.71. The van der Waals surface area contributed by atoms with Gasteiger partial charge in [-0.1, -0.05) is 17.2 Å². The molecule has 8 nitrogen and oxygen atoms in total. The number of hydrogen-bond acceptors (Lipinski definition) is 6. The fourth-order valence-electron chi connectivity index (χ4n) is 1.92. The quantitative estimate of drug-likeness (QED) is 0.753. The van der Waals surface area contributed by atoms with Crippen molar-refractivity contribution < 1.29 is 28.8 Å². The number of amides is 3. The number of fused-ring (bicyclic) bond motifs is 1. The Hall–Kier alpha value is -2.90. The summed E-state index contributed by atoms with van der Waals surface area (Å²) in [4.78, 5) is 51.2. The van der Waals surface area contributed by atoms with E-state index in [0.29, 0.717) is 5.06 Å². The summed E-state index contributed by atoms with van der Waals surface area (Å²) in [6.45, 7) is -0.208. The van der Waals surface area contributed by atoms with E-state index >= 15 is 0 Å². The van der Waals surface area contributed by atoms with E-state index in [2.05, 4.69) is 10.1 Å². The van der Waals surface area contributed by atoms with E-state index in [0.717, 1.165) is 0 Å². The standard InChI is InChI=1S/C12H8N2O6/c15-9-6-3-1-2-4-7(6)10(16)14(9)20-11(17)8-5-19-12(18)13-8/h1-4,8H,5H2,(H,13,18). The first kappa shape index (κ1) is 12.2. The van der Waals surface area contributed by atoms with Crippen LogP contribution in [0.5, 0.6) is 0 Å². The molecule has 0 aliphatic carbocycles. The third-order valence-electron chi connectivity index (χ3n) is 2.90. The van der Waals surface area contributed by atoms with Crippen molar-refractivity contribution in [3.8, 4) is 0 Å². The highest BCUT2D eigenvalue weighted by atomic mass is 16.7. The molecule has 1 unspecified atom stereocenters. The van der Waals surface area contributed by atoms with Crippen LogP contribution in [0.25, 0.3) is 0 Å². The molecule has 0 aromatic heterocycles. The second-order valence-electron chi connectivity index (χ2n) is 4.16. The van der Waals surface area contributed by atoms with Gasteiger partial charge in [0.15, 0.2) is 6.04 Å². The zero-order valence-electron chi connectivity index (χ0n) is 9.99. The second kappa shape index (κ2) is 4.34. The molecule has 8 heteroatoms. The lowest BCUT2D eigenvalue weighted by Gasteiger charge is -2.14. The summed E-state index contributed by atoms with van der Waals surface area (Å²) in [7, 11) is 0. The Balaban J connectivity index is 1.77. The molecule has 1 N–H and O–H groups in total. The normalized spacial score (nSPS) is 20.5. The molecular formula is C12H8N2O6. The number of hydrogen-bond donors (Lipinski definition) is 1. The Bertz CT molecular complexity index is 606. The van der Waals surface area contributed by atoms with E-state index in [1.807, 2.05) is 0 Å².